The van der Waals surface area contributed by atoms with Crippen molar-refractivity contribution in [1.29, 1.82) is 0 Å². The number of hydrogen-bond donors (Lipinski definition) is 2. The molecule has 0 unspecified atom stereocenters. The molecule has 2 rings (SSSR count). The van der Waals surface area contributed by atoms with Gasteiger partial charge in [0.2, 0.25) is 0 Å². The van der Waals surface area contributed by atoms with Gasteiger partial charge in [0, 0.05) is 30.9 Å². The Morgan fingerprint density at radius 2 is 2.12 bits per heavy atom. The fraction of sp³-hybridized carbons (Fsp3) is 0.667. The van der Waals surface area contributed by atoms with E-state index in [9.17, 15) is 9.59 Å². The van der Waals surface area contributed by atoms with Crippen molar-refractivity contribution < 1.29 is 0 Å². The minimum absolute atomic E-state index is 0.296. The molecule has 0 atom stereocenters. The molecule has 1 fully saturated rings. The number of rotatable bonds is 4. The molecule has 0 aliphatic heterocycles. The maximum atomic E-state index is 11.5. The predicted molar refractivity (Wildman–Crippen MR) is 66.3 cm³/mol. The van der Waals surface area contributed by atoms with Crippen molar-refractivity contribution in [2.45, 2.75) is 45.2 Å². The molecule has 0 amide bonds. The molecule has 5 heteroatoms. The van der Waals surface area contributed by atoms with Crippen molar-refractivity contribution in [3.63, 3.8) is 0 Å². The van der Waals surface area contributed by atoms with Crippen LogP contribution in [0.2, 0.25) is 0 Å². The second-order valence-corrected chi connectivity index (χ2v) is 4.70. The van der Waals surface area contributed by atoms with Crippen LogP contribution in [0.1, 0.15) is 31.2 Å². The van der Waals surface area contributed by atoms with Crippen molar-refractivity contribution in [3.8, 4) is 0 Å². The average Bonchev–Trinajstić information content (AvgIpc) is 2.78. The molecule has 2 N–H and O–H groups in total. The van der Waals surface area contributed by atoms with Crippen LogP contribution in [0, 0.1) is 6.92 Å². The Morgan fingerprint density at radius 1 is 1.41 bits per heavy atom. The van der Waals surface area contributed by atoms with E-state index in [-0.39, 0.29) is 11.2 Å². The van der Waals surface area contributed by atoms with Crippen molar-refractivity contribution >= 4 is 0 Å². The number of aromatic amines is 1. The molecular formula is C12H19N3O2. The lowest BCUT2D eigenvalue weighted by molar-refractivity contribution is 0.488. The summed E-state index contributed by atoms with van der Waals surface area (Å²) < 4.78 is 1.55. The normalized spacial score (nSPS) is 16.5. The van der Waals surface area contributed by atoms with E-state index in [1.807, 2.05) is 0 Å². The summed E-state index contributed by atoms with van der Waals surface area (Å²) in [7, 11) is 0. The lowest BCUT2D eigenvalue weighted by Crippen LogP contribution is -2.35. The summed E-state index contributed by atoms with van der Waals surface area (Å²) in [5, 5.41) is 3.44. The number of aryl methyl sites for hydroxylation is 1. The van der Waals surface area contributed by atoms with Crippen LogP contribution >= 0.6 is 0 Å². The quantitative estimate of drug-likeness (QED) is 0.795. The van der Waals surface area contributed by atoms with Crippen LogP contribution in [0.25, 0.3) is 0 Å². The van der Waals surface area contributed by atoms with Crippen molar-refractivity contribution in [1.82, 2.24) is 14.9 Å². The minimum atomic E-state index is -0.325. The van der Waals surface area contributed by atoms with Crippen LogP contribution in [0.4, 0.5) is 0 Å². The van der Waals surface area contributed by atoms with E-state index in [1.165, 1.54) is 25.7 Å². The molecule has 0 radical (unpaired) electrons. The maximum absolute atomic E-state index is 11.5. The molecular weight excluding hydrogens is 218 g/mol. The zero-order chi connectivity index (χ0) is 12.3. The van der Waals surface area contributed by atoms with Crippen molar-refractivity contribution in [2.24, 2.45) is 0 Å². The first-order valence-electron chi connectivity index (χ1n) is 6.20. The van der Waals surface area contributed by atoms with Gasteiger partial charge in [0.15, 0.2) is 0 Å². The predicted octanol–water partition coefficient (Wildman–Crippen LogP) is 0.377. The SMILES string of the molecule is Cc1cn(CCNC2CCCC2)c(=O)[nH]c1=O. The number of H-pyrrole nitrogens is 1. The smallest absolute Gasteiger partial charge is 0.312 e. The first-order valence-corrected chi connectivity index (χ1v) is 6.20. The van der Waals surface area contributed by atoms with Crippen LogP contribution in [0.5, 0.6) is 0 Å². The topological polar surface area (TPSA) is 66.9 Å². The van der Waals surface area contributed by atoms with Gasteiger partial charge in [0.1, 0.15) is 0 Å². The van der Waals surface area contributed by atoms with E-state index < -0.39 is 0 Å². The van der Waals surface area contributed by atoms with Gasteiger partial charge in [-0.1, -0.05) is 12.8 Å². The second kappa shape index (κ2) is 5.31. The van der Waals surface area contributed by atoms with Crippen LogP contribution < -0.4 is 16.6 Å². The number of nitrogens with one attached hydrogen (secondary N) is 2. The second-order valence-electron chi connectivity index (χ2n) is 4.70. The molecule has 1 heterocycles. The van der Waals surface area contributed by atoms with E-state index in [2.05, 4.69) is 10.3 Å². The van der Waals surface area contributed by atoms with Gasteiger partial charge < -0.3 is 5.32 Å². The average molecular weight is 237 g/mol. The van der Waals surface area contributed by atoms with Gasteiger partial charge in [-0.25, -0.2) is 4.79 Å². The van der Waals surface area contributed by atoms with Gasteiger partial charge in [0.05, 0.1) is 0 Å². The molecule has 1 aliphatic carbocycles. The fourth-order valence-electron chi connectivity index (χ4n) is 2.30. The van der Waals surface area contributed by atoms with E-state index in [1.54, 1.807) is 17.7 Å². The highest BCUT2D eigenvalue weighted by Crippen LogP contribution is 2.17. The van der Waals surface area contributed by atoms with Crippen molar-refractivity contribution in [3.05, 3.63) is 32.6 Å². The van der Waals surface area contributed by atoms with Gasteiger partial charge in [-0.15, -0.1) is 0 Å². The minimum Gasteiger partial charge on any atom is -0.312 e. The molecule has 0 bridgehead atoms. The standard InChI is InChI=1S/C12H19N3O2/c1-9-8-15(12(17)14-11(9)16)7-6-13-10-4-2-3-5-10/h8,10,13H,2-7H2,1H3,(H,14,16,17). The third-order valence-electron chi connectivity index (χ3n) is 3.33. The molecule has 17 heavy (non-hydrogen) atoms. The Balaban J connectivity index is 1.92. The fourth-order valence-corrected chi connectivity index (χ4v) is 2.30. The molecule has 5 nitrogen and oxygen atoms in total. The third-order valence-corrected chi connectivity index (χ3v) is 3.33. The largest absolute Gasteiger partial charge is 0.328 e. The Bertz CT molecular complexity index is 483. The molecule has 94 valence electrons. The van der Waals surface area contributed by atoms with Crippen LogP contribution in [0.3, 0.4) is 0 Å². The third kappa shape index (κ3) is 3.06. The molecule has 1 aromatic heterocycles. The van der Waals surface area contributed by atoms with Gasteiger partial charge in [-0.3, -0.25) is 14.3 Å². The maximum Gasteiger partial charge on any atom is 0.328 e. The zero-order valence-corrected chi connectivity index (χ0v) is 10.2. The molecule has 1 aliphatic rings. The Kier molecular flexibility index (Phi) is 3.78. The molecule has 0 spiro atoms. The van der Waals surface area contributed by atoms with E-state index in [4.69, 9.17) is 0 Å². The molecule has 1 aromatic rings. The number of aromatic nitrogens is 2. The highest BCUT2D eigenvalue weighted by molar-refractivity contribution is 5.00. The summed E-state index contributed by atoms with van der Waals surface area (Å²) in [5.41, 5.74) is -0.0470. The Morgan fingerprint density at radius 3 is 2.82 bits per heavy atom. The summed E-state index contributed by atoms with van der Waals surface area (Å²) in [6, 6.07) is 0.606. The molecule has 0 saturated heterocycles. The van der Waals surface area contributed by atoms with Crippen LogP contribution in [-0.2, 0) is 6.54 Å². The summed E-state index contributed by atoms with van der Waals surface area (Å²) in [6.07, 6.45) is 6.70. The Labute approximate surface area is 99.9 Å². The summed E-state index contributed by atoms with van der Waals surface area (Å²) in [5.74, 6) is 0. The number of nitrogens with zero attached hydrogens (tertiary/aromatic N) is 1. The van der Waals surface area contributed by atoms with Crippen LogP contribution in [0.15, 0.2) is 15.8 Å². The Hall–Kier alpha value is -1.36. The summed E-state index contributed by atoms with van der Waals surface area (Å²) in [6.45, 7) is 3.09. The van der Waals surface area contributed by atoms with Gasteiger partial charge in [0.25, 0.3) is 5.56 Å². The molecule has 0 aromatic carbocycles. The highest BCUT2D eigenvalue weighted by atomic mass is 16.2. The lowest BCUT2D eigenvalue weighted by atomic mass is 10.2. The first-order chi connectivity index (χ1) is 8.16. The molecule has 1 saturated carbocycles. The first kappa shape index (κ1) is 12.1. The van der Waals surface area contributed by atoms with Gasteiger partial charge in [-0.05, 0) is 19.8 Å². The zero-order valence-electron chi connectivity index (χ0n) is 10.2. The van der Waals surface area contributed by atoms with Gasteiger partial charge >= 0.3 is 5.69 Å². The highest BCUT2D eigenvalue weighted by Gasteiger charge is 2.13. The van der Waals surface area contributed by atoms with E-state index in [0.717, 1.165) is 6.54 Å². The van der Waals surface area contributed by atoms with E-state index in [0.29, 0.717) is 18.2 Å². The van der Waals surface area contributed by atoms with Crippen LogP contribution in [-0.4, -0.2) is 22.1 Å². The van der Waals surface area contributed by atoms with Crippen molar-refractivity contribution in [2.75, 3.05) is 6.54 Å². The number of hydrogen-bond acceptors (Lipinski definition) is 3. The lowest BCUT2D eigenvalue weighted by Gasteiger charge is -2.12. The summed E-state index contributed by atoms with van der Waals surface area (Å²) in [4.78, 5) is 25.0. The summed E-state index contributed by atoms with van der Waals surface area (Å²) >= 11 is 0. The van der Waals surface area contributed by atoms with Gasteiger partial charge in [-0.2, -0.15) is 0 Å². The monoisotopic (exact) mass is 237 g/mol. The van der Waals surface area contributed by atoms with E-state index >= 15 is 0 Å².